The lowest BCUT2D eigenvalue weighted by Gasteiger charge is -2.08. The van der Waals surface area contributed by atoms with Crippen LogP contribution in [0, 0.1) is 6.92 Å². The minimum atomic E-state index is 0.883. The summed E-state index contributed by atoms with van der Waals surface area (Å²) in [6, 6.07) is 12.4. The molecule has 0 aliphatic rings. The van der Waals surface area contributed by atoms with E-state index in [-0.39, 0.29) is 0 Å². The lowest BCUT2D eigenvalue weighted by molar-refractivity contribution is 0.415. The van der Waals surface area contributed by atoms with Crippen LogP contribution in [0.4, 0.5) is 0 Å². The summed E-state index contributed by atoms with van der Waals surface area (Å²) in [5.41, 5.74) is 2.19. The molecule has 0 unspecified atom stereocenters. The third-order valence-electron chi connectivity index (χ3n) is 3.09. The molecule has 0 atom stereocenters. The standard InChI is InChI=1S/C15H13NO/c1-10-7-12(17-2)8-14-13-6-4-3-5-11(13)9-16-15(10)14/h3-9H,1-2H3. The van der Waals surface area contributed by atoms with Gasteiger partial charge in [-0.05, 0) is 30.0 Å². The fraction of sp³-hybridized carbons (Fsp3) is 0.133. The molecule has 0 fully saturated rings. The highest BCUT2D eigenvalue weighted by Gasteiger charge is 2.06. The highest BCUT2D eigenvalue weighted by Crippen LogP contribution is 2.29. The van der Waals surface area contributed by atoms with Gasteiger partial charge in [0.1, 0.15) is 5.75 Å². The summed E-state index contributed by atoms with van der Waals surface area (Å²) in [6.45, 7) is 2.06. The van der Waals surface area contributed by atoms with E-state index in [9.17, 15) is 0 Å². The average Bonchev–Trinajstić information content (AvgIpc) is 2.38. The van der Waals surface area contributed by atoms with Gasteiger partial charge in [-0.1, -0.05) is 24.3 Å². The number of methoxy groups -OCH3 is 1. The van der Waals surface area contributed by atoms with Crippen LogP contribution in [-0.2, 0) is 0 Å². The van der Waals surface area contributed by atoms with Gasteiger partial charge in [-0.25, -0.2) is 0 Å². The topological polar surface area (TPSA) is 22.1 Å². The lowest BCUT2D eigenvalue weighted by atomic mass is 10.0. The first-order valence-corrected chi connectivity index (χ1v) is 5.61. The van der Waals surface area contributed by atoms with Crippen LogP contribution in [0.15, 0.2) is 42.6 Å². The van der Waals surface area contributed by atoms with Gasteiger partial charge in [-0.3, -0.25) is 4.98 Å². The molecular formula is C15H13NO. The van der Waals surface area contributed by atoms with Gasteiger partial charge in [0.05, 0.1) is 12.6 Å². The van der Waals surface area contributed by atoms with Crippen LogP contribution in [0.2, 0.25) is 0 Å². The maximum absolute atomic E-state index is 5.32. The number of hydrogen-bond donors (Lipinski definition) is 0. The molecule has 0 radical (unpaired) electrons. The summed E-state index contributed by atoms with van der Waals surface area (Å²) in [5, 5.41) is 3.53. The number of hydrogen-bond acceptors (Lipinski definition) is 2. The number of aromatic nitrogens is 1. The van der Waals surface area contributed by atoms with E-state index in [2.05, 4.69) is 36.2 Å². The second kappa shape index (κ2) is 3.74. The summed E-state index contributed by atoms with van der Waals surface area (Å²) >= 11 is 0. The third kappa shape index (κ3) is 1.53. The zero-order valence-corrected chi connectivity index (χ0v) is 9.90. The summed E-state index contributed by atoms with van der Waals surface area (Å²) in [4.78, 5) is 4.53. The van der Waals surface area contributed by atoms with Gasteiger partial charge in [0.25, 0.3) is 0 Å². The van der Waals surface area contributed by atoms with Crippen molar-refractivity contribution in [2.24, 2.45) is 0 Å². The van der Waals surface area contributed by atoms with E-state index >= 15 is 0 Å². The van der Waals surface area contributed by atoms with E-state index in [1.807, 2.05) is 18.3 Å². The fourth-order valence-electron chi connectivity index (χ4n) is 2.23. The van der Waals surface area contributed by atoms with Crippen LogP contribution < -0.4 is 4.74 Å². The Hall–Kier alpha value is -2.09. The molecule has 0 spiro atoms. The van der Waals surface area contributed by atoms with Crippen molar-refractivity contribution >= 4 is 21.7 Å². The van der Waals surface area contributed by atoms with Crippen LogP contribution >= 0.6 is 0 Å². The summed E-state index contributed by atoms with van der Waals surface area (Å²) in [7, 11) is 1.69. The highest BCUT2D eigenvalue weighted by atomic mass is 16.5. The first kappa shape index (κ1) is 10.1. The summed E-state index contributed by atoms with van der Waals surface area (Å²) in [6.07, 6.45) is 1.93. The predicted molar refractivity (Wildman–Crippen MR) is 70.5 cm³/mol. The van der Waals surface area contributed by atoms with Gasteiger partial charge < -0.3 is 4.74 Å². The normalized spacial score (nSPS) is 10.9. The van der Waals surface area contributed by atoms with Gasteiger partial charge >= 0.3 is 0 Å². The molecule has 0 aliphatic heterocycles. The second-order valence-corrected chi connectivity index (χ2v) is 4.19. The molecule has 2 heteroatoms. The van der Waals surface area contributed by atoms with Crippen molar-refractivity contribution in [1.82, 2.24) is 4.98 Å². The third-order valence-corrected chi connectivity index (χ3v) is 3.09. The molecule has 17 heavy (non-hydrogen) atoms. The van der Waals surface area contributed by atoms with Gasteiger partial charge in [0, 0.05) is 17.0 Å². The quantitative estimate of drug-likeness (QED) is 0.587. The van der Waals surface area contributed by atoms with Crippen LogP contribution in [0.1, 0.15) is 5.56 Å². The number of rotatable bonds is 1. The molecule has 0 saturated carbocycles. The minimum absolute atomic E-state index is 0.883. The molecule has 3 rings (SSSR count). The Morgan fingerprint density at radius 2 is 1.88 bits per heavy atom. The number of fused-ring (bicyclic) bond motifs is 3. The van der Waals surface area contributed by atoms with Gasteiger partial charge in [0.2, 0.25) is 0 Å². The van der Waals surface area contributed by atoms with E-state index in [1.54, 1.807) is 7.11 Å². The SMILES string of the molecule is COc1cc(C)c2ncc3ccccc3c2c1. The molecular weight excluding hydrogens is 210 g/mol. The molecule has 3 aromatic rings. The molecule has 1 heterocycles. The largest absolute Gasteiger partial charge is 0.497 e. The van der Waals surface area contributed by atoms with Crippen molar-refractivity contribution in [3.8, 4) is 5.75 Å². The number of benzene rings is 2. The molecule has 0 saturated heterocycles. The van der Waals surface area contributed by atoms with Crippen molar-refractivity contribution in [3.05, 3.63) is 48.2 Å². The van der Waals surface area contributed by atoms with Crippen LogP contribution in [0.25, 0.3) is 21.7 Å². The molecule has 2 aromatic carbocycles. The van der Waals surface area contributed by atoms with Crippen LogP contribution in [-0.4, -0.2) is 12.1 Å². The molecule has 84 valence electrons. The Morgan fingerprint density at radius 3 is 2.71 bits per heavy atom. The Balaban J connectivity index is 2.51. The summed E-state index contributed by atoms with van der Waals surface area (Å²) in [5.74, 6) is 0.883. The van der Waals surface area contributed by atoms with Gasteiger partial charge in [-0.15, -0.1) is 0 Å². The van der Waals surface area contributed by atoms with Crippen molar-refractivity contribution in [3.63, 3.8) is 0 Å². The van der Waals surface area contributed by atoms with E-state index in [4.69, 9.17) is 4.74 Å². The monoisotopic (exact) mass is 223 g/mol. The van der Waals surface area contributed by atoms with Crippen molar-refractivity contribution < 1.29 is 4.74 Å². The van der Waals surface area contributed by atoms with Crippen molar-refractivity contribution in [1.29, 1.82) is 0 Å². The first-order valence-electron chi connectivity index (χ1n) is 5.61. The van der Waals surface area contributed by atoms with E-state index in [1.165, 1.54) is 5.39 Å². The molecule has 2 nitrogen and oxygen atoms in total. The minimum Gasteiger partial charge on any atom is -0.497 e. The number of nitrogens with zero attached hydrogens (tertiary/aromatic N) is 1. The number of pyridine rings is 1. The van der Waals surface area contributed by atoms with E-state index in [0.29, 0.717) is 0 Å². The van der Waals surface area contributed by atoms with E-state index in [0.717, 1.165) is 27.6 Å². The first-order chi connectivity index (χ1) is 8.29. The summed E-state index contributed by atoms with van der Waals surface area (Å²) < 4.78 is 5.32. The average molecular weight is 223 g/mol. The number of ether oxygens (including phenoxy) is 1. The highest BCUT2D eigenvalue weighted by molar-refractivity contribution is 6.06. The van der Waals surface area contributed by atoms with Crippen molar-refractivity contribution in [2.75, 3.05) is 7.11 Å². The smallest absolute Gasteiger partial charge is 0.119 e. The number of aryl methyl sites for hydroxylation is 1. The van der Waals surface area contributed by atoms with Gasteiger partial charge in [-0.2, -0.15) is 0 Å². The molecule has 0 bridgehead atoms. The van der Waals surface area contributed by atoms with E-state index < -0.39 is 0 Å². The maximum atomic E-state index is 5.32. The molecule has 0 amide bonds. The Kier molecular flexibility index (Phi) is 2.22. The zero-order valence-electron chi connectivity index (χ0n) is 9.90. The fourth-order valence-corrected chi connectivity index (χ4v) is 2.23. The Bertz CT molecular complexity index is 704. The van der Waals surface area contributed by atoms with Crippen LogP contribution in [0.3, 0.4) is 0 Å². The van der Waals surface area contributed by atoms with Crippen LogP contribution in [0.5, 0.6) is 5.75 Å². The predicted octanol–water partition coefficient (Wildman–Crippen LogP) is 3.71. The molecule has 0 N–H and O–H groups in total. The van der Waals surface area contributed by atoms with Crippen molar-refractivity contribution in [2.45, 2.75) is 6.92 Å². The Labute approximate surface area is 99.9 Å². The molecule has 1 aromatic heterocycles. The molecule has 0 aliphatic carbocycles. The second-order valence-electron chi connectivity index (χ2n) is 4.19. The van der Waals surface area contributed by atoms with Gasteiger partial charge in [0.15, 0.2) is 0 Å². The lowest BCUT2D eigenvalue weighted by Crippen LogP contribution is -1.89. The Morgan fingerprint density at radius 1 is 1.06 bits per heavy atom. The zero-order chi connectivity index (χ0) is 11.8. The maximum Gasteiger partial charge on any atom is 0.119 e.